The summed E-state index contributed by atoms with van der Waals surface area (Å²) in [4.78, 5) is 2.59. The van der Waals surface area contributed by atoms with Gasteiger partial charge >= 0.3 is 0 Å². The van der Waals surface area contributed by atoms with Crippen LogP contribution in [0.1, 0.15) is 37.7 Å². The largest absolute Gasteiger partial charge is 0.299 e. The van der Waals surface area contributed by atoms with Crippen LogP contribution in [0.2, 0.25) is 0 Å². The number of hydrogen-bond acceptors (Lipinski definition) is 1. The predicted molar refractivity (Wildman–Crippen MR) is 81.3 cm³/mol. The summed E-state index contributed by atoms with van der Waals surface area (Å²) in [5, 5.41) is 0. The smallest absolute Gasteiger partial charge is 0.0160 e. The van der Waals surface area contributed by atoms with Gasteiger partial charge in [0, 0.05) is 18.5 Å². The molecular formula is C18H25N. The molecule has 2 aliphatic rings. The third kappa shape index (κ3) is 2.36. The molecule has 2 fully saturated rings. The van der Waals surface area contributed by atoms with Gasteiger partial charge in [-0.2, -0.15) is 0 Å². The van der Waals surface area contributed by atoms with Crippen molar-refractivity contribution in [3.63, 3.8) is 0 Å². The van der Waals surface area contributed by atoms with Crippen LogP contribution in [-0.2, 0) is 5.41 Å². The fourth-order valence-corrected chi connectivity index (χ4v) is 4.31. The quantitative estimate of drug-likeness (QED) is 0.738. The Kier molecular flexibility index (Phi) is 3.74. The minimum Gasteiger partial charge on any atom is -0.299 e. The molecule has 1 heteroatoms. The third-order valence-electron chi connectivity index (χ3n) is 5.30. The van der Waals surface area contributed by atoms with Gasteiger partial charge in [0.25, 0.3) is 0 Å². The molecule has 0 N–H and O–H groups in total. The average molecular weight is 255 g/mol. The minimum atomic E-state index is 0.469. The molecule has 1 aromatic carbocycles. The van der Waals surface area contributed by atoms with Gasteiger partial charge in [-0.3, -0.25) is 4.90 Å². The van der Waals surface area contributed by atoms with Crippen molar-refractivity contribution >= 4 is 0 Å². The Morgan fingerprint density at radius 2 is 2.05 bits per heavy atom. The Morgan fingerprint density at radius 1 is 1.21 bits per heavy atom. The molecule has 0 amide bonds. The molecule has 1 aliphatic carbocycles. The normalized spacial score (nSPS) is 31.7. The molecule has 1 nitrogen and oxygen atoms in total. The molecule has 1 saturated heterocycles. The first-order valence-electron chi connectivity index (χ1n) is 7.74. The summed E-state index contributed by atoms with van der Waals surface area (Å²) in [5.41, 5.74) is 2.06. The standard InChI is InChI=1S/C18H25N/c1-2-13-19-14-12-18(16-8-4-3-5-9-16)11-7-6-10-17(18)15-19/h2-5,8-9,17H,1,6-7,10-15H2/t17-,18+/m1/s1. The molecule has 0 bridgehead atoms. The van der Waals surface area contributed by atoms with E-state index < -0.39 is 0 Å². The maximum Gasteiger partial charge on any atom is 0.0160 e. The monoisotopic (exact) mass is 255 g/mol. The SMILES string of the molecule is C=CCN1CC[C@]2(c3ccccc3)CCCC[C@@H]2C1. The van der Waals surface area contributed by atoms with Gasteiger partial charge in [0.1, 0.15) is 0 Å². The average Bonchev–Trinajstić information content (AvgIpc) is 2.48. The molecular weight excluding hydrogens is 230 g/mol. The first kappa shape index (κ1) is 12.9. The van der Waals surface area contributed by atoms with E-state index in [0.29, 0.717) is 5.41 Å². The summed E-state index contributed by atoms with van der Waals surface area (Å²) >= 11 is 0. The second-order valence-electron chi connectivity index (χ2n) is 6.26. The van der Waals surface area contributed by atoms with Crippen molar-refractivity contribution in [2.24, 2.45) is 5.92 Å². The Morgan fingerprint density at radius 3 is 2.84 bits per heavy atom. The van der Waals surface area contributed by atoms with Crippen molar-refractivity contribution in [2.45, 2.75) is 37.5 Å². The highest BCUT2D eigenvalue weighted by atomic mass is 15.1. The summed E-state index contributed by atoms with van der Waals surface area (Å²) in [6, 6.07) is 11.3. The zero-order valence-electron chi connectivity index (χ0n) is 11.9. The van der Waals surface area contributed by atoms with Crippen LogP contribution in [0.3, 0.4) is 0 Å². The first-order chi connectivity index (χ1) is 9.35. The van der Waals surface area contributed by atoms with E-state index in [4.69, 9.17) is 0 Å². The van der Waals surface area contributed by atoms with Crippen LogP contribution < -0.4 is 0 Å². The zero-order chi connectivity index (χ0) is 13.1. The van der Waals surface area contributed by atoms with E-state index in [2.05, 4.69) is 47.9 Å². The summed E-state index contributed by atoms with van der Waals surface area (Å²) in [6.07, 6.45) is 9.01. The van der Waals surface area contributed by atoms with Crippen LogP contribution in [0.15, 0.2) is 43.0 Å². The van der Waals surface area contributed by atoms with Crippen molar-refractivity contribution in [1.82, 2.24) is 4.90 Å². The van der Waals surface area contributed by atoms with Crippen molar-refractivity contribution in [2.75, 3.05) is 19.6 Å². The van der Waals surface area contributed by atoms with Gasteiger partial charge in [-0.05, 0) is 37.3 Å². The molecule has 1 saturated carbocycles. The fraction of sp³-hybridized carbons (Fsp3) is 0.556. The van der Waals surface area contributed by atoms with Crippen molar-refractivity contribution in [3.05, 3.63) is 48.6 Å². The lowest BCUT2D eigenvalue weighted by atomic mass is 9.59. The van der Waals surface area contributed by atoms with Gasteiger partial charge in [-0.1, -0.05) is 49.2 Å². The van der Waals surface area contributed by atoms with Crippen molar-refractivity contribution in [1.29, 1.82) is 0 Å². The maximum absolute atomic E-state index is 3.89. The van der Waals surface area contributed by atoms with Gasteiger partial charge in [0.15, 0.2) is 0 Å². The lowest BCUT2D eigenvalue weighted by molar-refractivity contribution is 0.0628. The summed E-state index contributed by atoms with van der Waals surface area (Å²) < 4.78 is 0. The van der Waals surface area contributed by atoms with Crippen LogP contribution in [-0.4, -0.2) is 24.5 Å². The zero-order valence-corrected chi connectivity index (χ0v) is 11.9. The summed E-state index contributed by atoms with van der Waals surface area (Å²) in [5.74, 6) is 0.845. The number of piperidine rings is 1. The Bertz CT molecular complexity index is 425. The highest BCUT2D eigenvalue weighted by molar-refractivity contribution is 5.28. The second kappa shape index (κ2) is 5.50. The lowest BCUT2D eigenvalue weighted by Gasteiger charge is -2.51. The van der Waals surface area contributed by atoms with E-state index in [1.807, 2.05) is 0 Å². The molecule has 2 atom stereocenters. The molecule has 0 radical (unpaired) electrons. The van der Waals surface area contributed by atoms with E-state index in [0.717, 1.165) is 12.5 Å². The second-order valence-corrected chi connectivity index (χ2v) is 6.26. The number of benzene rings is 1. The van der Waals surface area contributed by atoms with Crippen LogP contribution in [0, 0.1) is 5.92 Å². The minimum absolute atomic E-state index is 0.469. The first-order valence-corrected chi connectivity index (χ1v) is 7.74. The van der Waals surface area contributed by atoms with E-state index in [1.165, 1.54) is 45.2 Å². The molecule has 0 unspecified atom stereocenters. The molecule has 102 valence electrons. The Balaban J connectivity index is 1.87. The van der Waals surface area contributed by atoms with Crippen LogP contribution in [0.4, 0.5) is 0 Å². The van der Waals surface area contributed by atoms with Crippen LogP contribution in [0.25, 0.3) is 0 Å². The topological polar surface area (TPSA) is 3.24 Å². The van der Waals surface area contributed by atoms with Gasteiger partial charge in [-0.15, -0.1) is 6.58 Å². The number of rotatable bonds is 3. The Hall–Kier alpha value is -1.08. The Labute approximate surface area is 117 Å². The number of fused-ring (bicyclic) bond motifs is 1. The van der Waals surface area contributed by atoms with Gasteiger partial charge < -0.3 is 0 Å². The molecule has 3 rings (SSSR count). The molecule has 1 heterocycles. The summed E-state index contributed by atoms with van der Waals surface area (Å²) in [6.45, 7) is 7.45. The molecule has 1 aromatic rings. The van der Waals surface area contributed by atoms with E-state index in [1.54, 1.807) is 5.56 Å². The van der Waals surface area contributed by atoms with Gasteiger partial charge in [0.2, 0.25) is 0 Å². The molecule has 19 heavy (non-hydrogen) atoms. The third-order valence-corrected chi connectivity index (χ3v) is 5.30. The van der Waals surface area contributed by atoms with Crippen LogP contribution in [0.5, 0.6) is 0 Å². The van der Waals surface area contributed by atoms with Gasteiger partial charge in [-0.25, -0.2) is 0 Å². The lowest BCUT2D eigenvalue weighted by Crippen LogP contribution is -2.51. The molecule has 0 aromatic heterocycles. The van der Waals surface area contributed by atoms with Crippen LogP contribution >= 0.6 is 0 Å². The fourth-order valence-electron chi connectivity index (χ4n) is 4.31. The van der Waals surface area contributed by atoms with E-state index >= 15 is 0 Å². The van der Waals surface area contributed by atoms with Crippen molar-refractivity contribution < 1.29 is 0 Å². The number of likely N-dealkylation sites (tertiary alicyclic amines) is 1. The number of nitrogens with zero attached hydrogens (tertiary/aromatic N) is 1. The van der Waals surface area contributed by atoms with E-state index in [9.17, 15) is 0 Å². The van der Waals surface area contributed by atoms with Gasteiger partial charge in [0.05, 0.1) is 0 Å². The highest BCUT2D eigenvalue weighted by Crippen LogP contribution is 2.48. The summed E-state index contributed by atoms with van der Waals surface area (Å²) in [7, 11) is 0. The molecule has 0 spiro atoms. The predicted octanol–water partition coefficient (Wildman–Crippen LogP) is 4.01. The number of hydrogen-bond donors (Lipinski definition) is 0. The van der Waals surface area contributed by atoms with E-state index in [-0.39, 0.29) is 0 Å². The molecule has 1 aliphatic heterocycles. The maximum atomic E-state index is 3.89. The highest BCUT2D eigenvalue weighted by Gasteiger charge is 2.44. The van der Waals surface area contributed by atoms with Crippen molar-refractivity contribution in [3.8, 4) is 0 Å².